The average Bonchev–Trinajstić information content (AvgIpc) is 2.80. The van der Waals surface area contributed by atoms with Crippen LogP contribution in [0.2, 0.25) is 0 Å². The lowest BCUT2D eigenvalue weighted by molar-refractivity contribution is -0.143. The van der Waals surface area contributed by atoms with Crippen LogP contribution in [0.25, 0.3) is 6.08 Å². The molecule has 0 saturated heterocycles. The third-order valence-electron chi connectivity index (χ3n) is 4.33. The Hall–Kier alpha value is -2.54. The number of methoxy groups -OCH3 is 2. The molecule has 1 aromatic heterocycles. The number of hydrogen-bond donors (Lipinski definition) is 3. The second-order valence-corrected chi connectivity index (χ2v) is 9.02. The maximum atomic E-state index is 13.5. The molecule has 0 aliphatic rings. The van der Waals surface area contributed by atoms with Gasteiger partial charge in [0.25, 0.3) is 5.56 Å². The Bertz CT molecular complexity index is 1150. The Morgan fingerprint density at radius 3 is 2.56 bits per heavy atom. The Kier molecular flexibility index (Phi) is 10.4. The lowest BCUT2D eigenvalue weighted by atomic mass is 10.3. The van der Waals surface area contributed by atoms with Gasteiger partial charge in [-0.15, -0.1) is 0 Å². The van der Waals surface area contributed by atoms with Gasteiger partial charge in [0.05, 0.1) is 19.2 Å². The minimum absolute atomic E-state index is 0.144. The van der Waals surface area contributed by atoms with Crippen LogP contribution in [0.15, 0.2) is 51.1 Å². The molecule has 0 bridgehead atoms. The first-order valence-electron chi connectivity index (χ1n) is 9.82. The zero-order valence-electron chi connectivity index (χ0n) is 18.5. The van der Waals surface area contributed by atoms with Crippen molar-refractivity contribution in [2.75, 3.05) is 14.2 Å². The largest absolute Gasteiger partial charge is 0.468 e. The maximum Gasteiger partial charge on any atom is 0.461 e. The maximum absolute atomic E-state index is 13.5. The van der Waals surface area contributed by atoms with E-state index in [1.165, 1.54) is 43.4 Å². The topological polar surface area (TPSA) is 158 Å². The van der Waals surface area contributed by atoms with Crippen LogP contribution in [0, 0.1) is 0 Å². The Labute approximate surface area is 203 Å². The van der Waals surface area contributed by atoms with E-state index >= 15 is 0 Å². The normalized spacial score (nSPS) is 15.9. The van der Waals surface area contributed by atoms with Crippen LogP contribution in [0.1, 0.15) is 12.5 Å². The van der Waals surface area contributed by atoms with Crippen molar-refractivity contribution in [3.63, 3.8) is 0 Å². The number of ether oxygens (including phenoxy) is 2. The SMILES string of the molecule is COC(=O)[C@H](C)NP(=O)(Oc1ccccc1)O[C@H](OC)[C@@H](O)Cn1cc(/C=C/Br)c(=O)[nH]c1=O. The number of rotatable bonds is 12. The number of para-hydroxylation sites is 1. The van der Waals surface area contributed by atoms with Gasteiger partial charge < -0.3 is 19.1 Å². The number of carbonyl (C=O) groups excluding carboxylic acids is 1. The van der Waals surface area contributed by atoms with E-state index in [9.17, 15) is 24.1 Å². The van der Waals surface area contributed by atoms with Gasteiger partial charge in [-0.25, -0.2) is 9.36 Å². The molecule has 1 aromatic carbocycles. The molecular weight excluding hydrogens is 537 g/mol. The highest BCUT2D eigenvalue weighted by molar-refractivity contribution is 9.11. The number of aliphatic hydroxyl groups excluding tert-OH is 1. The van der Waals surface area contributed by atoms with E-state index in [1.807, 2.05) is 0 Å². The number of esters is 1. The van der Waals surface area contributed by atoms with E-state index in [2.05, 4.69) is 30.7 Å². The molecule has 34 heavy (non-hydrogen) atoms. The van der Waals surface area contributed by atoms with Crippen LogP contribution >= 0.6 is 23.7 Å². The van der Waals surface area contributed by atoms with Crippen LogP contribution in [0.4, 0.5) is 0 Å². The number of benzene rings is 1. The highest BCUT2D eigenvalue weighted by Crippen LogP contribution is 2.46. The van der Waals surface area contributed by atoms with Crippen molar-refractivity contribution >= 4 is 35.7 Å². The Morgan fingerprint density at radius 1 is 1.29 bits per heavy atom. The summed E-state index contributed by atoms with van der Waals surface area (Å²) in [6.07, 6.45) is -0.476. The summed E-state index contributed by atoms with van der Waals surface area (Å²) in [6, 6.07) is 6.90. The van der Waals surface area contributed by atoms with Crippen molar-refractivity contribution in [2.45, 2.75) is 31.9 Å². The summed E-state index contributed by atoms with van der Waals surface area (Å²) in [7, 11) is -1.99. The summed E-state index contributed by atoms with van der Waals surface area (Å²) >= 11 is 3.05. The average molecular weight is 562 g/mol. The molecule has 0 fully saturated rings. The van der Waals surface area contributed by atoms with Crippen molar-refractivity contribution in [2.24, 2.45) is 0 Å². The third-order valence-corrected chi connectivity index (χ3v) is 6.23. The number of aromatic amines is 1. The first-order valence-corrected chi connectivity index (χ1v) is 12.3. The summed E-state index contributed by atoms with van der Waals surface area (Å²) in [5.41, 5.74) is -1.26. The van der Waals surface area contributed by atoms with Crippen LogP contribution < -0.4 is 20.9 Å². The highest BCUT2D eigenvalue weighted by Gasteiger charge is 2.37. The van der Waals surface area contributed by atoms with Gasteiger partial charge in [0.2, 0.25) is 0 Å². The number of aromatic nitrogens is 2. The summed E-state index contributed by atoms with van der Waals surface area (Å²) in [5, 5.41) is 13.1. The van der Waals surface area contributed by atoms with Crippen molar-refractivity contribution in [3.05, 3.63) is 67.9 Å². The highest BCUT2D eigenvalue weighted by atomic mass is 79.9. The van der Waals surface area contributed by atoms with Gasteiger partial charge in [0, 0.05) is 13.3 Å². The Balaban J connectivity index is 2.30. The first-order chi connectivity index (χ1) is 16.1. The molecule has 12 nitrogen and oxygen atoms in total. The van der Waals surface area contributed by atoms with Crippen LogP contribution in [-0.2, 0) is 29.9 Å². The number of nitrogens with one attached hydrogen (secondary N) is 2. The molecule has 0 aliphatic carbocycles. The van der Waals surface area contributed by atoms with Crippen molar-refractivity contribution in [1.29, 1.82) is 0 Å². The van der Waals surface area contributed by atoms with E-state index in [0.717, 1.165) is 11.7 Å². The molecule has 0 spiro atoms. The second-order valence-electron chi connectivity index (χ2n) is 6.84. The number of H-pyrrole nitrogens is 1. The predicted octanol–water partition coefficient (Wildman–Crippen LogP) is 1.59. The minimum atomic E-state index is -4.33. The minimum Gasteiger partial charge on any atom is -0.468 e. The second kappa shape index (κ2) is 12.8. The summed E-state index contributed by atoms with van der Waals surface area (Å²) in [4.78, 5) is 39.4. The van der Waals surface area contributed by atoms with E-state index in [-0.39, 0.29) is 11.3 Å². The Morgan fingerprint density at radius 2 is 1.97 bits per heavy atom. The van der Waals surface area contributed by atoms with Crippen molar-refractivity contribution < 1.29 is 33.0 Å². The van der Waals surface area contributed by atoms with E-state index in [4.69, 9.17) is 13.8 Å². The molecule has 0 amide bonds. The van der Waals surface area contributed by atoms with Gasteiger partial charge >= 0.3 is 19.4 Å². The smallest absolute Gasteiger partial charge is 0.461 e. The fourth-order valence-electron chi connectivity index (χ4n) is 2.71. The van der Waals surface area contributed by atoms with Gasteiger partial charge in [0.1, 0.15) is 17.9 Å². The molecule has 1 heterocycles. The number of nitrogens with zero attached hydrogens (tertiary/aromatic N) is 1. The van der Waals surface area contributed by atoms with Gasteiger partial charge in [-0.2, -0.15) is 5.09 Å². The molecule has 3 N–H and O–H groups in total. The summed E-state index contributed by atoms with van der Waals surface area (Å²) < 4.78 is 35.2. The van der Waals surface area contributed by atoms with Crippen molar-refractivity contribution in [1.82, 2.24) is 14.6 Å². The lowest BCUT2D eigenvalue weighted by Gasteiger charge is -2.28. The lowest BCUT2D eigenvalue weighted by Crippen LogP contribution is -2.41. The number of aliphatic hydroxyl groups is 1. The molecule has 14 heteroatoms. The van der Waals surface area contributed by atoms with Crippen LogP contribution in [-0.4, -0.2) is 53.3 Å². The van der Waals surface area contributed by atoms with Gasteiger partial charge in [-0.05, 0) is 30.1 Å². The molecular formula is C20H25BrN3O9P. The number of hydrogen-bond acceptors (Lipinski definition) is 9. The van der Waals surface area contributed by atoms with Crippen molar-refractivity contribution in [3.8, 4) is 5.75 Å². The van der Waals surface area contributed by atoms with Gasteiger partial charge in [0.15, 0.2) is 6.29 Å². The van der Waals surface area contributed by atoms with E-state index in [1.54, 1.807) is 18.2 Å². The first kappa shape index (κ1) is 27.7. The summed E-state index contributed by atoms with van der Waals surface area (Å²) in [6.45, 7) is 0.988. The van der Waals surface area contributed by atoms with E-state index in [0.29, 0.717) is 0 Å². The quantitative estimate of drug-likeness (QED) is 0.197. The zero-order chi connectivity index (χ0) is 25.3. The molecule has 0 saturated carbocycles. The fraction of sp³-hybridized carbons (Fsp3) is 0.350. The predicted molar refractivity (Wildman–Crippen MR) is 126 cm³/mol. The number of halogens is 1. The van der Waals surface area contributed by atoms with Gasteiger partial charge in [-0.1, -0.05) is 34.1 Å². The number of carbonyl (C=O) groups is 1. The summed E-state index contributed by atoms with van der Waals surface area (Å²) in [5.74, 6) is -0.579. The fourth-order valence-corrected chi connectivity index (χ4v) is 4.63. The molecule has 0 radical (unpaired) electrons. The molecule has 4 atom stereocenters. The monoisotopic (exact) mass is 561 g/mol. The molecule has 2 aromatic rings. The molecule has 186 valence electrons. The zero-order valence-corrected chi connectivity index (χ0v) is 21.0. The molecule has 1 unspecified atom stereocenters. The van der Waals surface area contributed by atoms with Crippen LogP contribution in [0.5, 0.6) is 5.75 Å². The third kappa shape index (κ3) is 7.76. The molecule has 2 rings (SSSR count). The van der Waals surface area contributed by atoms with E-state index < -0.39 is 49.9 Å². The van der Waals surface area contributed by atoms with Crippen LogP contribution in [0.3, 0.4) is 0 Å². The standard InChI is InChI=1S/C20H25BrN3O9P/c1-13(18(27)30-2)23-34(29,32-15-7-5-4-6-8-15)33-19(31-3)16(25)12-24-11-14(9-10-21)17(26)22-20(24)28/h4-11,13,16,19,25H,12H2,1-3H3,(H,23,29)(H,22,26,28)/b10-9+/t13-,16-,19-,34?/m0/s1. The molecule has 0 aliphatic heterocycles. The van der Waals surface area contributed by atoms with Gasteiger partial charge in [-0.3, -0.25) is 23.7 Å².